The molecule has 18 heavy (non-hydrogen) atoms. The Bertz CT molecular complexity index is 401. The summed E-state index contributed by atoms with van der Waals surface area (Å²) >= 11 is 9.30. The van der Waals surface area contributed by atoms with Crippen LogP contribution in [0.1, 0.15) is 50.4 Å². The molecule has 0 spiro atoms. The molecule has 1 aromatic carbocycles. The van der Waals surface area contributed by atoms with Gasteiger partial charge in [0.25, 0.3) is 5.91 Å². The van der Waals surface area contributed by atoms with Gasteiger partial charge in [-0.15, -0.1) is 0 Å². The Morgan fingerprint density at radius 1 is 1.22 bits per heavy atom. The van der Waals surface area contributed by atoms with E-state index in [-0.39, 0.29) is 11.4 Å². The molecular weight excluding hydrogens is 314 g/mol. The highest BCUT2D eigenvalue weighted by molar-refractivity contribution is 9.10. The van der Waals surface area contributed by atoms with E-state index in [9.17, 15) is 4.79 Å². The van der Waals surface area contributed by atoms with Crippen LogP contribution >= 0.6 is 27.5 Å². The van der Waals surface area contributed by atoms with Crippen molar-refractivity contribution in [3.8, 4) is 0 Å². The van der Waals surface area contributed by atoms with Crippen LogP contribution in [-0.2, 0) is 0 Å². The molecule has 2 nitrogen and oxygen atoms in total. The average molecular weight is 333 g/mol. The van der Waals surface area contributed by atoms with Gasteiger partial charge in [0.15, 0.2) is 0 Å². The first-order chi connectivity index (χ1) is 8.46. The molecule has 0 aliphatic heterocycles. The molecule has 1 aromatic rings. The van der Waals surface area contributed by atoms with Crippen LogP contribution in [0.3, 0.4) is 0 Å². The van der Waals surface area contributed by atoms with Gasteiger partial charge in [-0.05, 0) is 37.5 Å². The van der Waals surface area contributed by atoms with Crippen molar-refractivity contribution < 1.29 is 4.79 Å². The molecule has 1 N–H and O–H groups in total. The molecule has 0 atom stereocenters. The molecule has 0 saturated heterocycles. The number of amides is 1. The van der Waals surface area contributed by atoms with Gasteiger partial charge >= 0.3 is 0 Å². The maximum Gasteiger partial charge on any atom is 0.251 e. The molecule has 0 aliphatic carbocycles. The third-order valence-corrected chi connectivity index (χ3v) is 4.21. The molecular formula is C14H19BrClNO. The highest BCUT2D eigenvalue weighted by Crippen LogP contribution is 2.23. The average Bonchev–Trinajstić information content (AvgIpc) is 2.35. The van der Waals surface area contributed by atoms with E-state index in [4.69, 9.17) is 11.6 Å². The second-order valence-corrected chi connectivity index (χ2v) is 5.81. The van der Waals surface area contributed by atoms with Gasteiger partial charge in [0, 0.05) is 20.6 Å². The van der Waals surface area contributed by atoms with Crippen molar-refractivity contribution in [3.63, 3.8) is 0 Å². The number of carbonyl (C=O) groups is 1. The number of hydrogen-bond donors (Lipinski definition) is 1. The molecule has 0 saturated carbocycles. The lowest BCUT2D eigenvalue weighted by molar-refractivity contribution is 0.0888. The first kappa shape index (κ1) is 15.5. The van der Waals surface area contributed by atoms with Crippen LogP contribution in [0.15, 0.2) is 22.7 Å². The summed E-state index contributed by atoms with van der Waals surface area (Å²) < 4.78 is 0.815. The minimum absolute atomic E-state index is 0.0660. The van der Waals surface area contributed by atoms with Gasteiger partial charge in [0.1, 0.15) is 0 Å². The highest BCUT2D eigenvalue weighted by atomic mass is 79.9. The number of nitrogens with one attached hydrogen (secondary N) is 1. The van der Waals surface area contributed by atoms with Crippen LogP contribution in [0.25, 0.3) is 0 Å². The highest BCUT2D eigenvalue weighted by Gasteiger charge is 2.26. The number of carbonyl (C=O) groups excluding carboxylic acids is 1. The van der Waals surface area contributed by atoms with E-state index in [1.54, 1.807) is 18.2 Å². The molecule has 100 valence electrons. The van der Waals surface area contributed by atoms with Gasteiger partial charge in [0.2, 0.25) is 0 Å². The summed E-state index contributed by atoms with van der Waals surface area (Å²) in [5.74, 6) is -0.0660. The van der Waals surface area contributed by atoms with E-state index >= 15 is 0 Å². The Balaban J connectivity index is 2.94. The van der Waals surface area contributed by atoms with Gasteiger partial charge < -0.3 is 5.32 Å². The quantitative estimate of drug-likeness (QED) is 0.824. The molecule has 0 aromatic heterocycles. The second-order valence-electron chi connectivity index (χ2n) is 4.45. The fraction of sp³-hybridized carbons (Fsp3) is 0.500. The Kier molecular flexibility index (Phi) is 5.67. The fourth-order valence-electron chi connectivity index (χ4n) is 2.01. The largest absolute Gasteiger partial charge is 0.347 e. The van der Waals surface area contributed by atoms with Crippen molar-refractivity contribution in [3.05, 3.63) is 33.3 Å². The summed E-state index contributed by atoms with van der Waals surface area (Å²) in [4.78, 5) is 12.3. The molecule has 0 aliphatic rings. The summed E-state index contributed by atoms with van der Waals surface area (Å²) in [6, 6.07) is 5.24. The van der Waals surface area contributed by atoms with Crippen molar-refractivity contribution in [1.29, 1.82) is 0 Å². The molecule has 0 unspecified atom stereocenters. The minimum atomic E-state index is -0.119. The predicted molar refractivity (Wildman–Crippen MR) is 80.2 cm³/mol. The van der Waals surface area contributed by atoms with Crippen molar-refractivity contribution in [2.75, 3.05) is 0 Å². The normalized spacial score (nSPS) is 11.4. The van der Waals surface area contributed by atoms with Crippen LogP contribution in [0.5, 0.6) is 0 Å². The van der Waals surface area contributed by atoms with Crippen LogP contribution < -0.4 is 5.32 Å². The molecule has 1 amide bonds. The van der Waals surface area contributed by atoms with E-state index in [0.29, 0.717) is 10.6 Å². The predicted octanol–water partition coefficient (Wildman–Crippen LogP) is 4.80. The van der Waals surface area contributed by atoms with Crippen molar-refractivity contribution in [2.24, 2.45) is 0 Å². The van der Waals surface area contributed by atoms with Gasteiger partial charge in [0.05, 0.1) is 0 Å². The lowest BCUT2D eigenvalue weighted by Gasteiger charge is -2.31. The molecule has 0 bridgehead atoms. The van der Waals surface area contributed by atoms with Gasteiger partial charge in [-0.2, -0.15) is 0 Å². The Labute approximate surface area is 122 Å². The van der Waals surface area contributed by atoms with E-state index in [1.807, 2.05) is 0 Å². The third-order valence-electron chi connectivity index (χ3n) is 3.53. The van der Waals surface area contributed by atoms with Crippen LogP contribution in [-0.4, -0.2) is 11.4 Å². The maximum absolute atomic E-state index is 12.3. The lowest BCUT2D eigenvalue weighted by atomic mass is 9.89. The zero-order valence-corrected chi connectivity index (χ0v) is 13.4. The van der Waals surface area contributed by atoms with Crippen molar-refractivity contribution in [2.45, 2.75) is 45.6 Å². The number of benzene rings is 1. The molecule has 0 fully saturated rings. The Hall–Kier alpha value is -0.540. The summed E-state index contributed by atoms with van der Waals surface area (Å²) in [5, 5.41) is 3.69. The van der Waals surface area contributed by atoms with Gasteiger partial charge in [-0.25, -0.2) is 0 Å². The molecule has 4 heteroatoms. The first-order valence-corrected chi connectivity index (χ1v) is 7.42. The summed E-state index contributed by atoms with van der Waals surface area (Å²) in [7, 11) is 0. The smallest absolute Gasteiger partial charge is 0.251 e. The van der Waals surface area contributed by atoms with Crippen molar-refractivity contribution in [1.82, 2.24) is 5.32 Å². The fourth-order valence-corrected chi connectivity index (χ4v) is 2.87. The monoisotopic (exact) mass is 331 g/mol. The Morgan fingerprint density at radius 3 is 2.22 bits per heavy atom. The summed E-state index contributed by atoms with van der Waals surface area (Å²) in [6.45, 7) is 6.30. The molecule has 0 radical (unpaired) electrons. The summed E-state index contributed by atoms with van der Waals surface area (Å²) in [6.07, 6.45) is 2.77. The van der Waals surface area contributed by atoms with Gasteiger partial charge in [-0.3, -0.25) is 4.79 Å². The number of rotatable bonds is 5. The lowest BCUT2D eigenvalue weighted by Crippen LogP contribution is -2.47. The zero-order valence-electron chi connectivity index (χ0n) is 11.0. The van der Waals surface area contributed by atoms with Crippen LogP contribution in [0.4, 0.5) is 0 Å². The SMILES string of the molecule is CCC(CC)(CC)NC(=O)c1cc(Cl)cc(Br)c1. The Morgan fingerprint density at radius 2 is 1.78 bits per heavy atom. The number of hydrogen-bond acceptors (Lipinski definition) is 1. The molecule has 1 rings (SSSR count). The standard InChI is InChI=1S/C14H19BrClNO/c1-4-14(5-2,6-3)17-13(18)10-7-11(15)9-12(16)8-10/h7-9H,4-6H2,1-3H3,(H,17,18). The van der Waals surface area contributed by atoms with E-state index in [2.05, 4.69) is 42.0 Å². The van der Waals surface area contributed by atoms with E-state index in [0.717, 1.165) is 23.7 Å². The zero-order chi connectivity index (χ0) is 13.8. The third kappa shape index (κ3) is 3.72. The van der Waals surface area contributed by atoms with Crippen LogP contribution in [0.2, 0.25) is 5.02 Å². The second kappa shape index (κ2) is 6.58. The van der Waals surface area contributed by atoms with Gasteiger partial charge in [-0.1, -0.05) is 48.3 Å². The molecule has 0 heterocycles. The minimum Gasteiger partial charge on any atom is -0.347 e. The topological polar surface area (TPSA) is 29.1 Å². The van der Waals surface area contributed by atoms with Crippen LogP contribution in [0, 0.1) is 0 Å². The number of halogens is 2. The first-order valence-electron chi connectivity index (χ1n) is 6.25. The summed E-state index contributed by atoms with van der Waals surface area (Å²) in [5.41, 5.74) is 0.473. The van der Waals surface area contributed by atoms with Crippen molar-refractivity contribution >= 4 is 33.4 Å². The van der Waals surface area contributed by atoms with E-state index in [1.165, 1.54) is 0 Å². The van der Waals surface area contributed by atoms with E-state index < -0.39 is 0 Å². The maximum atomic E-state index is 12.3.